The molecule has 158 valence electrons. The van der Waals surface area contributed by atoms with E-state index in [1.165, 1.54) is 4.90 Å². The Morgan fingerprint density at radius 2 is 1.93 bits per heavy atom. The summed E-state index contributed by atoms with van der Waals surface area (Å²) in [6, 6.07) is 4.91. The number of carboxylic acids is 1. The van der Waals surface area contributed by atoms with E-state index in [0.717, 1.165) is 27.7 Å². The number of carbonyl (C=O) groups excluding carboxylic acids is 1. The minimum Gasteiger partial charge on any atom is -0.494 e. The Labute approximate surface area is 181 Å². The molecule has 0 bridgehead atoms. The predicted molar refractivity (Wildman–Crippen MR) is 118 cm³/mol. The summed E-state index contributed by atoms with van der Waals surface area (Å²) in [5.41, 5.74) is 0.341. The van der Waals surface area contributed by atoms with E-state index in [0.29, 0.717) is 19.4 Å². The van der Waals surface area contributed by atoms with Gasteiger partial charge >= 0.3 is 12.1 Å². The van der Waals surface area contributed by atoms with Crippen LogP contribution in [0, 0.1) is 3.57 Å². The third-order valence-corrected chi connectivity index (χ3v) is 5.15. The summed E-state index contributed by atoms with van der Waals surface area (Å²) in [6.45, 7) is 10.1. The van der Waals surface area contributed by atoms with Crippen LogP contribution in [0.1, 0.15) is 59.4 Å². The molecule has 0 aliphatic heterocycles. The van der Waals surface area contributed by atoms with Gasteiger partial charge in [-0.05, 0) is 93.3 Å². The maximum atomic E-state index is 12.4. The molecule has 1 amide bonds. The van der Waals surface area contributed by atoms with Crippen LogP contribution in [0.2, 0.25) is 0 Å². The molecule has 1 aromatic carbocycles. The highest BCUT2D eigenvalue weighted by atomic mass is 127. The number of carboxylic acid groups (broad SMARTS) is 1. The van der Waals surface area contributed by atoms with Gasteiger partial charge in [0.25, 0.3) is 0 Å². The number of likely N-dealkylation sites (N-methyl/N-ethyl adjacent to an activating group) is 1. The minimum atomic E-state index is -1.03. The van der Waals surface area contributed by atoms with Gasteiger partial charge in [0.05, 0.1) is 6.61 Å². The largest absolute Gasteiger partial charge is 0.494 e. The van der Waals surface area contributed by atoms with Crippen LogP contribution in [0.15, 0.2) is 18.2 Å². The number of ether oxygens (including phenoxy) is 2. The molecule has 0 radical (unpaired) electrons. The Morgan fingerprint density at radius 1 is 1.25 bits per heavy atom. The maximum Gasteiger partial charge on any atom is 0.411 e. The normalized spacial score (nSPS) is 12.4. The molecule has 1 rings (SSSR count). The lowest BCUT2D eigenvalue weighted by molar-refractivity contribution is -0.143. The van der Waals surface area contributed by atoms with Crippen molar-refractivity contribution < 1.29 is 24.2 Å². The van der Waals surface area contributed by atoms with E-state index in [1.54, 1.807) is 27.7 Å². The third-order valence-electron chi connectivity index (χ3n) is 4.10. The molecule has 6 nitrogen and oxygen atoms in total. The summed E-state index contributed by atoms with van der Waals surface area (Å²) < 4.78 is 12.2. The molecule has 0 aliphatic rings. The van der Waals surface area contributed by atoms with Crippen molar-refractivity contribution in [3.8, 4) is 5.75 Å². The molecule has 0 fully saturated rings. The van der Waals surface area contributed by atoms with Crippen molar-refractivity contribution in [2.75, 3.05) is 13.2 Å². The van der Waals surface area contributed by atoms with Gasteiger partial charge < -0.3 is 14.6 Å². The molecule has 0 aromatic heterocycles. The highest BCUT2D eigenvalue weighted by Gasteiger charge is 2.31. The number of carbonyl (C=O) groups is 2. The van der Waals surface area contributed by atoms with Crippen molar-refractivity contribution in [2.45, 2.75) is 71.9 Å². The molecule has 0 spiro atoms. The number of hydrogen-bond donors (Lipinski definition) is 1. The topological polar surface area (TPSA) is 76.1 Å². The van der Waals surface area contributed by atoms with Crippen molar-refractivity contribution in [1.29, 1.82) is 0 Å². The van der Waals surface area contributed by atoms with Crippen LogP contribution >= 0.6 is 22.6 Å². The van der Waals surface area contributed by atoms with E-state index >= 15 is 0 Å². The summed E-state index contributed by atoms with van der Waals surface area (Å²) >= 11 is 2.24. The van der Waals surface area contributed by atoms with E-state index in [4.69, 9.17) is 9.47 Å². The first-order valence-electron chi connectivity index (χ1n) is 9.72. The number of halogens is 1. The van der Waals surface area contributed by atoms with Crippen molar-refractivity contribution in [3.05, 3.63) is 27.3 Å². The van der Waals surface area contributed by atoms with E-state index in [1.807, 2.05) is 18.2 Å². The number of unbranched alkanes of at least 4 members (excludes halogenated alkanes) is 1. The first-order valence-corrected chi connectivity index (χ1v) is 10.8. The molecule has 0 saturated heterocycles. The molecule has 0 saturated carbocycles. The van der Waals surface area contributed by atoms with E-state index < -0.39 is 23.7 Å². The number of hydrogen-bond acceptors (Lipinski definition) is 4. The first-order chi connectivity index (χ1) is 13.1. The lowest BCUT2D eigenvalue weighted by Gasteiger charge is -2.30. The van der Waals surface area contributed by atoms with Gasteiger partial charge in [-0.3, -0.25) is 4.90 Å². The van der Waals surface area contributed by atoms with Crippen LogP contribution < -0.4 is 4.74 Å². The van der Waals surface area contributed by atoms with Crippen LogP contribution in [0.25, 0.3) is 0 Å². The highest BCUT2D eigenvalue weighted by molar-refractivity contribution is 14.1. The Morgan fingerprint density at radius 3 is 2.46 bits per heavy atom. The zero-order valence-corrected chi connectivity index (χ0v) is 19.6. The summed E-state index contributed by atoms with van der Waals surface area (Å²) in [6.07, 6.45) is 2.28. The summed E-state index contributed by atoms with van der Waals surface area (Å²) in [7, 11) is 0. The second kappa shape index (κ2) is 11.5. The van der Waals surface area contributed by atoms with Gasteiger partial charge in [0.2, 0.25) is 0 Å². The molecule has 0 unspecified atom stereocenters. The zero-order valence-electron chi connectivity index (χ0n) is 17.5. The zero-order chi connectivity index (χ0) is 21.3. The number of aliphatic carboxylic acids is 1. The Kier molecular flexibility index (Phi) is 10.1. The lowest BCUT2D eigenvalue weighted by atomic mass is 10.0. The number of aryl methyl sites for hydroxylation is 1. The molecule has 1 N–H and O–H groups in total. The van der Waals surface area contributed by atoms with E-state index in [9.17, 15) is 14.7 Å². The van der Waals surface area contributed by atoms with Crippen LogP contribution in [-0.4, -0.2) is 46.9 Å². The molecule has 0 heterocycles. The average molecular weight is 505 g/mol. The molecule has 28 heavy (non-hydrogen) atoms. The standard InChI is InChI=1S/C21H32INO5/c1-6-8-13-27-16-10-11-17(22)15(14-16)9-12-18(19(24)25)23(7-2)20(26)28-21(3,4)5/h10-11,14,18H,6-9,12-13H2,1-5H3,(H,24,25)/t18-/m0/s1. The van der Waals surface area contributed by atoms with Crippen molar-refractivity contribution in [1.82, 2.24) is 4.90 Å². The van der Waals surface area contributed by atoms with Crippen molar-refractivity contribution in [2.24, 2.45) is 0 Å². The quantitative estimate of drug-likeness (QED) is 0.353. The number of amides is 1. The second-order valence-electron chi connectivity index (χ2n) is 7.61. The smallest absolute Gasteiger partial charge is 0.411 e. The number of benzene rings is 1. The van der Waals surface area contributed by atoms with Crippen molar-refractivity contribution >= 4 is 34.7 Å². The fourth-order valence-electron chi connectivity index (χ4n) is 2.67. The highest BCUT2D eigenvalue weighted by Crippen LogP contribution is 2.23. The molecular weight excluding hydrogens is 473 g/mol. The SMILES string of the molecule is CCCCOc1ccc(I)c(CC[C@@H](C(=O)O)N(CC)C(=O)OC(C)(C)C)c1. The average Bonchev–Trinajstić information content (AvgIpc) is 2.59. The van der Waals surface area contributed by atoms with E-state index in [-0.39, 0.29) is 6.54 Å². The monoisotopic (exact) mass is 505 g/mol. The summed E-state index contributed by atoms with van der Waals surface area (Å²) in [5.74, 6) is -0.242. The fourth-order valence-corrected chi connectivity index (χ4v) is 3.27. The van der Waals surface area contributed by atoms with Gasteiger partial charge in [0.15, 0.2) is 0 Å². The van der Waals surface area contributed by atoms with Gasteiger partial charge in [0, 0.05) is 10.1 Å². The summed E-state index contributed by atoms with van der Waals surface area (Å²) in [4.78, 5) is 25.6. The number of rotatable bonds is 10. The Hall–Kier alpha value is -1.51. The maximum absolute atomic E-state index is 12.4. The second-order valence-corrected chi connectivity index (χ2v) is 8.78. The van der Waals surface area contributed by atoms with E-state index in [2.05, 4.69) is 29.5 Å². The lowest BCUT2D eigenvalue weighted by Crippen LogP contribution is -2.47. The Bertz CT molecular complexity index is 657. The van der Waals surface area contributed by atoms with Gasteiger partial charge in [-0.25, -0.2) is 9.59 Å². The minimum absolute atomic E-state index is 0.267. The van der Waals surface area contributed by atoms with Crippen LogP contribution in [0.5, 0.6) is 5.75 Å². The summed E-state index contributed by atoms with van der Waals surface area (Å²) in [5, 5.41) is 9.69. The van der Waals surface area contributed by atoms with Gasteiger partial charge in [-0.2, -0.15) is 0 Å². The van der Waals surface area contributed by atoms with Crippen LogP contribution in [0.4, 0.5) is 4.79 Å². The van der Waals surface area contributed by atoms with Gasteiger partial charge in [0.1, 0.15) is 17.4 Å². The van der Waals surface area contributed by atoms with Gasteiger partial charge in [-0.15, -0.1) is 0 Å². The predicted octanol–water partition coefficient (Wildman–Crippen LogP) is 5.11. The molecular formula is C21H32INO5. The van der Waals surface area contributed by atoms with Gasteiger partial charge in [-0.1, -0.05) is 13.3 Å². The molecule has 0 aliphatic carbocycles. The molecule has 7 heteroatoms. The van der Waals surface area contributed by atoms with Crippen LogP contribution in [-0.2, 0) is 16.0 Å². The number of nitrogens with zero attached hydrogens (tertiary/aromatic N) is 1. The van der Waals surface area contributed by atoms with Crippen molar-refractivity contribution in [3.63, 3.8) is 0 Å². The third kappa shape index (κ3) is 8.24. The van der Waals surface area contributed by atoms with Crippen LogP contribution in [0.3, 0.4) is 0 Å². The molecule has 1 atom stereocenters. The fraction of sp³-hybridized carbons (Fsp3) is 0.619. The Balaban J connectivity index is 2.88. The molecule has 1 aromatic rings. The first kappa shape index (κ1) is 24.5.